The van der Waals surface area contributed by atoms with E-state index in [0.717, 1.165) is 12.8 Å². The molecule has 0 aromatic carbocycles. The van der Waals surface area contributed by atoms with Crippen molar-refractivity contribution in [2.45, 2.75) is 32.6 Å². The SMILES string of the molecule is CC12CC3C(=O)OC(=O)CC3CC1C1C=CC2C1. The molecule has 2 saturated carbocycles. The van der Waals surface area contributed by atoms with E-state index >= 15 is 0 Å². The molecule has 3 heteroatoms. The minimum Gasteiger partial charge on any atom is -0.393 e. The molecule has 96 valence electrons. The van der Waals surface area contributed by atoms with E-state index in [9.17, 15) is 9.59 Å². The molecular formula is C15H18O3. The van der Waals surface area contributed by atoms with Crippen LogP contribution in [0.3, 0.4) is 0 Å². The Morgan fingerprint density at radius 2 is 2.11 bits per heavy atom. The quantitative estimate of drug-likeness (QED) is 0.374. The monoisotopic (exact) mass is 246 g/mol. The van der Waals surface area contributed by atoms with Crippen molar-refractivity contribution in [1.82, 2.24) is 0 Å². The van der Waals surface area contributed by atoms with Crippen molar-refractivity contribution in [3.63, 3.8) is 0 Å². The molecule has 4 rings (SSSR count). The van der Waals surface area contributed by atoms with Crippen LogP contribution in [-0.2, 0) is 14.3 Å². The molecule has 6 unspecified atom stereocenters. The number of esters is 2. The van der Waals surface area contributed by atoms with E-state index in [1.165, 1.54) is 6.42 Å². The molecule has 6 atom stereocenters. The molecule has 3 aliphatic carbocycles. The van der Waals surface area contributed by atoms with Crippen molar-refractivity contribution in [1.29, 1.82) is 0 Å². The summed E-state index contributed by atoms with van der Waals surface area (Å²) in [5.74, 6) is 1.63. The smallest absolute Gasteiger partial charge is 0.316 e. The van der Waals surface area contributed by atoms with Gasteiger partial charge in [-0.15, -0.1) is 0 Å². The number of carbonyl (C=O) groups excluding carboxylic acids is 2. The number of allylic oxidation sites excluding steroid dienone is 2. The maximum absolute atomic E-state index is 11.9. The molecule has 2 bridgehead atoms. The second kappa shape index (κ2) is 3.25. The highest BCUT2D eigenvalue weighted by molar-refractivity contribution is 5.90. The Morgan fingerprint density at radius 1 is 1.28 bits per heavy atom. The lowest BCUT2D eigenvalue weighted by atomic mass is 9.56. The maximum Gasteiger partial charge on any atom is 0.316 e. The number of ether oxygens (including phenoxy) is 1. The van der Waals surface area contributed by atoms with Crippen LogP contribution in [-0.4, -0.2) is 11.9 Å². The number of hydrogen-bond donors (Lipinski definition) is 0. The molecule has 0 spiro atoms. The van der Waals surface area contributed by atoms with Crippen molar-refractivity contribution in [3.8, 4) is 0 Å². The lowest BCUT2D eigenvalue weighted by molar-refractivity contribution is -0.176. The summed E-state index contributed by atoms with van der Waals surface area (Å²) in [5, 5.41) is 0. The molecule has 3 nitrogen and oxygen atoms in total. The number of carbonyl (C=O) groups is 2. The summed E-state index contributed by atoms with van der Waals surface area (Å²) in [6.45, 7) is 2.34. The van der Waals surface area contributed by atoms with Crippen molar-refractivity contribution in [2.75, 3.05) is 0 Å². The predicted octanol–water partition coefficient (Wildman–Crippen LogP) is 2.31. The Morgan fingerprint density at radius 3 is 2.94 bits per heavy atom. The van der Waals surface area contributed by atoms with Gasteiger partial charge in [-0.3, -0.25) is 9.59 Å². The fraction of sp³-hybridized carbons (Fsp3) is 0.733. The van der Waals surface area contributed by atoms with E-state index in [4.69, 9.17) is 4.74 Å². The predicted molar refractivity (Wildman–Crippen MR) is 64.3 cm³/mol. The van der Waals surface area contributed by atoms with Gasteiger partial charge >= 0.3 is 11.9 Å². The van der Waals surface area contributed by atoms with Crippen molar-refractivity contribution < 1.29 is 14.3 Å². The fourth-order valence-electron chi connectivity index (χ4n) is 5.10. The summed E-state index contributed by atoms with van der Waals surface area (Å²) in [6.07, 6.45) is 8.36. The fourth-order valence-corrected chi connectivity index (χ4v) is 5.10. The molecule has 0 aromatic heterocycles. The molecule has 0 aromatic rings. The van der Waals surface area contributed by atoms with Gasteiger partial charge in [0.05, 0.1) is 5.92 Å². The Kier molecular flexibility index (Phi) is 1.95. The van der Waals surface area contributed by atoms with Crippen molar-refractivity contribution in [3.05, 3.63) is 12.2 Å². The Hall–Kier alpha value is -1.12. The van der Waals surface area contributed by atoms with Gasteiger partial charge in [0.2, 0.25) is 0 Å². The summed E-state index contributed by atoms with van der Waals surface area (Å²) in [6, 6.07) is 0. The van der Waals surface area contributed by atoms with Gasteiger partial charge in [0.25, 0.3) is 0 Å². The summed E-state index contributed by atoms with van der Waals surface area (Å²) >= 11 is 0. The van der Waals surface area contributed by atoms with Gasteiger partial charge in [0.15, 0.2) is 0 Å². The molecule has 1 heterocycles. The van der Waals surface area contributed by atoms with Crippen molar-refractivity contribution >= 4 is 11.9 Å². The van der Waals surface area contributed by atoms with Crippen molar-refractivity contribution in [2.24, 2.45) is 35.0 Å². The Bertz CT molecular complexity index is 466. The van der Waals surface area contributed by atoms with Crippen LogP contribution in [0.25, 0.3) is 0 Å². The highest BCUT2D eigenvalue weighted by atomic mass is 16.6. The largest absolute Gasteiger partial charge is 0.393 e. The molecule has 0 radical (unpaired) electrons. The molecule has 3 fully saturated rings. The first-order valence-corrected chi connectivity index (χ1v) is 7.01. The lowest BCUT2D eigenvalue weighted by Crippen LogP contribution is -2.48. The first-order valence-electron chi connectivity index (χ1n) is 7.01. The normalized spacial score (nSPS) is 53.1. The third-order valence-corrected chi connectivity index (χ3v) is 6.06. The average Bonchev–Trinajstić information content (AvgIpc) is 2.87. The molecule has 0 N–H and O–H groups in total. The van der Waals surface area contributed by atoms with E-state index in [-0.39, 0.29) is 29.2 Å². The summed E-state index contributed by atoms with van der Waals surface area (Å²) < 4.78 is 4.83. The van der Waals surface area contributed by atoms with E-state index in [2.05, 4.69) is 19.1 Å². The zero-order chi connectivity index (χ0) is 12.5. The van der Waals surface area contributed by atoms with Gasteiger partial charge in [0, 0.05) is 6.42 Å². The number of hydrogen-bond acceptors (Lipinski definition) is 3. The van der Waals surface area contributed by atoms with Gasteiger partial charge in [-0.2, -0.15) is 0 Å². The summed E-state index contributed by atoms with van der Waals surface area (Å²) in [4.78, 5) is 23.3. The molecule has 18 heavy (non-hydrogen) atoms. The molecule has 1 aliphatic heterocycles. The third-order valence-electron chi connectivity index (χ3n) is 6.06. The topological polar surface area (TPSA) is 43.4 Å². The van der Waals surface area contributed by atoms with Gasteiger partial charge in [-0.25, -0.2) is 0 Å². The van der Waals surface area contributed by atoms with Gasteiger partial charge in [0.1, 0.15) is 0 Å². The average molecular weight is 246 g/mol. The second-order valence-electron chi connectivity index (χ2n) is 6.81. The van der Waals surface area contributed by atoms with Gasteiger partial charge in [-0.05, 0) is 48.3 Å². The summed E-state index contributed by atoms with van der Waals surface area (Å²) in [5.41, 5.74) is 0.264. The first-order chi connectivity index (χ1) is 8.58. The second-order valence-corrected chi connectivity index (χ2v) is 6.81. The minimum absolute atomic E-state index is 0.0308. The van der Waals surface area contributed by atoms with Crippen LogP contribution in [0.4, 0.5) is 0 Å². The van der Waals surface area contributed by atoms with Crippen LogP contribution in [0.1, 0.15) is 32.6 Å². The van der Waals surface area contributed by atoms with E-state index in [1.807, 2.05) is 0 Å². The number of rotatable bonds is 0. The molecule has 0 amide bonds. The zero-order valence-electron chi connectivity index (χ0n) is 10.6. The highest BCUT2D eigenvalue weighted by Crippen LogP contribution is 2.64. The van der Waals surface area contributed by atoms with E-state index < -0.39 is 0 Å². The zero-order valence-corrected chi connectivity index (χ0v) is 10.6. The lowest BCUT2D eigenvalue weighted by Gasteiger charge is -2.49. The number of cyclic esters (lactones) is 2. The van der Waals surface area contributed by atoms with Crippen LogP contribution in [0.15, 0.2) is 12.2 Å². The van der Waals surface area contributed by atoms with Gasteiger partial charge < -0.3 is 4.74 Å². The van der Waals surface area contributed by atoms with Crippen LogP contribution in [0, 0.1) is 35.0 Å². The van der Waals surface area contributed by atoms with Gasteiger partial charge in [-0.1, -0.05) is 19.1 Å². The number of fused-ring (bicyclic) bond motifs is 6. The Balaban J connectivity index is 1.69. The molecular weight excluding hydrogens is 228 g/mol. The van der Waals surface area contributed by atoms with E-state index in [1.54, 1.807) is 0 Å². The molecule has 1 saturated heterocycles. The Labute approximate surface area is 107 Å². The van der Waals surface area contributed by atoms with Crippen LogP contribution in [0.2, 0.25) is 0 Å². The van der Waals surface area contributed by atoms with Crippen LogP contribution in [0.5, 0.6) is 0 Å². The third kappa shape index (κ3) is 1.20. The highest BCUT2D eigenvalue weighted by Gasteiger charge is 2.59. The van der Waals surface area contributed by atoms with Crippen LogP contribution < -0.4 is 0 Å². The maximum atomic E-state index is 11.9. The minimum atomic E-state index is -0.316. The first kappa shape index (κ1) is 10.8. The standard InChI is InChI=1S/C15H18O3/c1-15-7-11-9(6-13(16)18-14(11)17)5-12(15)8-2-3-10(15)4-8/h2-3,8-12H,4-7H2,1H3. The van der Waals surface area contributed by atoms with E-state index in [0.29, 0.717) is 24.2 Å². The molecule has 4 aliphatic rings. The summed E-state index contributed by atoms with van der Waals surface area (Å²) in [7, 11) is 0. The van der Waals surface area contributed by atoms with Crippen LogP contribution >= 0.6 is 0 Å².